The Labute approximate surface area is 177 Å². The van der Waals surface area contributed by atoms with Crippen LogP contribution in [0, 0.1) is 20.8 Å². The molecule has 0 aliphatic heterocycles. The lowest BCUT2D eigenvalue weighted by Gasteiger charge is -2.17. The summed E-state index contributed by atoms with van der Waals surface area (Å²) in [6, 6.07) is 22.5. The average Bonchev–Trinajstić information content (AvgIpc) is 2.71. The zero-order chi connectivity index (χ0) is 20.8. The number of thioether (sulfide) groups is 1. The van der Waals surface area contributed by atoms with E-state index in [9.17, 15) is 4.79 Å². The molecule has 0 heterocycles. The van der Waals surface area contributed by atoms with Crippen LogP contribution in [0.5, 0.6) is 5.75 Å². The molecule has 0 fully saturated rings. The second-order valence-corrected chi connectivity index (χ2v) is 8.32. The van der Waals surface area contributed by atoms with E-state index in [0.717, 1.165) is 28.3 Å². The van der Waals surface area contributed by atoms with Gasteiger partial charge in [0, 0.05) is 16.3 Å². The van der Waals surface area contributed by atoms with E-state index in [1.54, 1.807) is 18.7 Å². The predicted molar refractivity (Wildman–Crippen MR) is 122 cm³/mol. The molecule has 0 bridgehead atoms. The highest BCUT2D eigenvalue weighted by molar-refractivity contribution is 7.98. The van der Waals surface area contributed by atoms with Crippen molar-refractivity contribution in [3.05, 3.63) is 89.0 Å². The third kappa shape index (κ3) is 5.88. The van der Waals surface area contributed by atoms with Gasteiger partial charge in [-0.25, -0.2) is 0 Å². The molecule has 1 amide bonds. The van der Waals surface area contributed by atoms with Crippen molar-refractivity contribution in [2.24, 2.45) is 0 Å². The van der Waals surface area contributed by atoms with Crippen LogP contribution in [0.15, 0.2) is 71.6 Å². The Balaban J connectivity index is 1.59. The third-order valence-electron chi connectivity index (χ3n) is 4.70. The minimum absolute atomic E-state index is 0.153. The van der Waals surface area contributed by atoms with Crippen LogP contribution < -0.4 is 10.1 Å². The first kappa shape index (κ1) is 21.0. The second-order valence-electron chi connectivity index (χ2n) is 7.27. The van der Waals surface area contributed by atoms with Crippen molar-refractivity contribution in [1.82, 2.24) is 0 Å². The minimum atomic E-state index is -0.580. The van der Waals surface area contributed by atoms with Crippen molar-refractivity contribution < 1.29 is 9.53 Å². The van der Waals surface area contributed by atoms with Crippen molar-refractivity contribution in [2.75, 3.05) is 5.32 Å². The molecule has 0 aliphatic rings. The Morgan fingerprint density at radius 2 is 1.72 bits per heavy atom. The van der Waals surface area contributed by atoms with Crippen LogP contribution in [0.2, 0.25) is 0 Å². The van der Waals surface area contributed by atoms with Crippen molar-refractivity contribution in [3.8, 4) is 5.75 Å². The monoisotopic (exact) mass is 405 g/mol. The maximum Gasteiger partial charge on any atom is 0.265 e. The first-order valence-electron chi connectivity index (χ1n) is 9.74. The van der Waals surface area contributed by atoms with Gasteiger partial charge < -0.3 is 10.1 Å². The maximum atomic E-state index is 12.6. The Hall–Kier alpha value is -2.72. The largest absolute Gasteiger partial charge is 0.481 e. The summed E-state index contributed by atoms with van der Waals surface area (Å²) in [6.07, 6.45) is -0.580. The van der Waals surface area contributed by atoms with E-state index < -0.39 is 6.10 Å². The van der Waals surface area contributed by atoms with Gasteiger partial charge in [0.2, 0.25) is 0 Å². The van der Waals surface area contributed by atoms with Gasteiger partial charge >= 0.3 is 0 Å². The number of amides is 1. The first-order chi connectivity index (χ1) is 13.9. The first-order valence-corrected chi connectivity index (χ1v) is 10.7. The number of ether oxygens (including phenoxy) is 1. The molecule has 0 aliphatic carbocycles. The summed E-state index contributed by atoms with van der Waals surface area (Å²) >= 11 is 1.80. The molecule has 4 heteroatoms. The molecule has 3 aromatic rings. The molecule has 3 aromatic carbocycles. The topological polar surface area (TPSA) is 38.3 Å². The average molecular weight is 406 g/mol. The highest BCUT2D eigenvalue weighted by Crippen LogP contribution is 2.25. The lowest BCUT2D eigenvalue weighted by atomic mass is 10.1. The van der Waals surface area contributed by atoms with Crippen molar-refractivity contribution in [1.29, 1.82) is 0 Å². The number of anilines is 1. The number of nitrogens with one attached hydrogen (secondary N) is 1. The zero-order valence-corrected chi connectivity index (χ0v) is 18.2. The van der Waals surface area contributed by atoms with Crippen molar-refractivity contribution >= 4 is 23.4 Å². The molecule has 1 atom stereocenters. The van der Waals surface area contributed by atoms with Gasteiger partial charge in [0.05, 0.1) is 0 Å². The number of hydrogen-bond donors (Lipinski definition) is 1. The fourth-order valence-corrected chi connectivity index (χ4v) is 3.91. The smallest absolute Gasteiger partial charge is 0.265 e. The lowest BCUT2D eigenvalue weighted by Crippen LogP contribution is -2.30. The van der Waals surface area contributed by atoms with Crippen LogP contribution in [-0.2, 0) is 10.5 Å². The van der Waals surface area contributed by atoms with E-state index >= 15 is 0 Å². The molecule has 0 radical (unpaired) electrons. The van der Waals surface area contributed by atoms with Crippen molar-refractivity contribution in [3.63, 3.8) is 0 Å². The number of rotatable bonds is 7. The molecule has 0 saturated carbocycles. The molecule has 3 rings (SSSR count). The number of hydrogen-bond acceptors (Lipinski definition) is 3. The molecule has 0 spiro atoms. The van der Waals surface area contributed by atoms with Crippen LogP contribution in [0.3, 0.4) is 0 Å². The van der Waals surface area contributed by atoms with E-state index in [1.807, 2.05) is 57.2 Å². The highest BCUT2D eigenvalue weighted by atomic mass is 32.2. The van der Waals surface area contributed by atoms with Crippen molar-refractivity contribution in [2.45, 2.75) is 44.4 Å². The summed E-state index contributed by atoms with van der Waals surface area (Å²) in [7, 11) is 0. The molecule has 0 aromatic heterocycles. The molecule has 1 N–H and O–H groups in total. The molecular weight excluding hydrogens is 378 g/mol. The summed E-state index contributed by atoms with van der Waals surface area (Å²) in [5.74, 6) is 1.48. The van der Waals surface area contributed by atoms with Gasteiger partial charge in [-0.2, -0.15) is 0 Å². The Bertz CT molecular complexity index is 985. The zero-order valence-electron chi connectivity index (χ0n) is 17.4. The minimum Gasteiger partial charge on any atom is -0.481 e. The number of aryl methyl sites for hydroxylation is 3. The summed E-state index contributed by atoms with van der Waals surface area (Å²) in [5, 5.41) is 2.99. The van der Waals surface area contributed by atoms with E-state index in [4.69, 9.17) is 4.74 Å². The maximum absolute atomic E-state index is 12.6. The summed E-state index contributed by atoms with van der Waals surface area (Å²) in [5.41, 5.74) is 5.30. The van der Waals surface area contributed by atoms with Crippen LogP contribution in [-0.4, -0.2) is 12.0 Å². The second kappa shape index (κ2) is 9.66. The standard InChI is InChI=1S/C25H27NO2S/c1-17-10-13-24(19(3)14-17)28-20(4)25(27)26-23-12-11-21(15-18(23)2)16-29-22-8-6-5-7-9-22/h5-15,20H,16H2,1-4H3,(H,26,27)/t20-/m1/s1. The highest BCUT2D eigenvalue weighted by Gasteiger charge is 2.17. The summed E-state index contributed by atoms with van der Waals surface area (Å²) < 4.78 is 5.87. The number of carbonyl (C=O) groups excluding carboxylic acids is 1. The van der Waals surface area contributed by atoms with Gasteiger partial charge in [-0.15, -0.1) is 11.8 Å². The molecule has 150 valence electrons. The predicted octanol–water partition coefficient (Wildman–Crippen LogP) is 6.31. The Morgan fingerprint density at radius 3 is 2.41 bits per heavy atom. The van der Waals surface area contributed by atoms with Gasteiger partial charge in [0.25, 0.3) is 5.91 Å². The normalized spacial score (nSPS) is 11.7. The van der Waals surface area contributed by atoms with Crippen LogP contribution in [0.4, 0.5) is 5.69 Å². The number of benzene rings is 3. The lowest BCUT2D eigenvalue weighted by molar-refractivity contribution is -0.122. The van der Waals surface area contributed by atoms with Gasteiger partial charge in [-0.3, -0.25) is 4.79 Å². The fourth-order valence-electron chi connectivity index (χ4n) is 3.05. The third-order valence-corrected chi connectivity index (χ3v) is 5.78. The van der Waals surface area contributed by atoms with Gasteiger partial charge in [0.15, 0.2) is 6.10 Å². The van der Waals surface area contributed by atoms with Gasteiger partial charge in [-0.05, 0) is 68.7 Å². The van der Waals surface area contributed by atoms with Gasteiger partial charge in [0.1, 0.15) is 5.75 Å². The molecule has 29 heavy (non-hydrogen) atoms. The van der Waals surface area contributed by atoms with E-state index in [1.165, 1.54) is 16.0 Å². The van der Waals surface area contributed by atoms with E-state index in [2.05, 4.69) is 35.6 Å². The Kier molecular flexibility index (Phi) is 6.99. The van der Waals surface area contributed by atoms with Gasteiger partial charge in [-0.1, -0.05) is 48.0 Å². The van der Waals surface area contributed by atoms with Crippen LogP contribution >= 0.6 is 11.8 Å². The molecule has 0 saturated heterocycles. The SMILES string of the molecule is Cc1ccc(O[C@H](C)C(=O)Nc2ccc(CSc3ccccc3)cc2C)c(C)c1. The summed E-state index contributed by atoms with van der Waals surface area (Å²) in [4.78, 5) is 13.9. The van der Waals surface area contributed by atoms with Crippen LogP contribution in [0.25, 0.3) is 0 Å². The molecular formula is C25H27NO2S. The molecule has 3 nitrogen and oxygen atoms in total. The van der Waals surface area contributed by atoms with Crippen LogP contribution in [0.1, 0.15) is 29.2 Å². The summed E-state index contributed by atoms with van der Waals surface area (Å²) in [6.45, 7) is 7.82. The quantitative estimate of drug-likeness (QED) is 0.468. The number of carbonyl (C=O) groups is 1. The fraction of sp³-hybridized carbons (Fsp3) is 0.240. The Morgan fingerprint density at radius 1 is 0.966 bits per heavy atom. The van der Waals surface area contributed by atoms with E-state index in [0.29, 0.717) is 0 Å². The van der Waals surface area contributed by atoms with E-state index in [-0.39, 0.29) is 5.91 Å². The molecule has 0 unspecified atom stereocenters.